The molecule has 14 heteroatoms. The summed E-state index contributed by atoms with van der Waals surface area (Å²) in [7, 11) is 1.61. The van der Waals surface area contributed by atoms with Crippen LogP contribution in [0, 0.1) is 17.5 Å². The van der Waals surface area contributed by atoms with Gasteiger partial charge in [-0.15, -0.1) is 0 Å². The SMILES string of the molecule is COc1ccc(CN(Sc2ccc3c(ccc(=O)n3-c3cc(F)c(-c4cc(F)cc(F)c4)cc3OC3CN(C(=O)OC(C)(C)C)C3)c2)c2ccon2)cc1. The first-order valence-electron chi connectivity index (χ1n) is 16.9. The van der Waals surface area contributed by atoms with Crippen LogP contribution >= 0.6 is 11.9 Å². The van der Waals surface area contributed by atoms with Crippen LogP contribution in [0.1, 0.15) is 26.3 Å². The third-order valence-electron chi connectivity index (χ3n) is 8.50. The van der Waals surface area contributed by atoms with Gasteiger partial charge in [0.2, 0.25) is 0 Å². The smallest absolute Gasteiger partial charge is 0.410 e. The zero-order valence-electron chi connectivity index (χ0n) is 29.7. The number of carbonyl (C=O) groups excluding carboxylic acids is 1. The number of ether oxygens (including phenoxy) is 3. The molecule has 6 aromatic rings. The molecule has 1 aliphatic rings. The Balaban J connectivity index is 1.24. The number of aromatic nitrogens is 2. The van der Waals surface area contributed by atoms with Gasteiger partial charge in [-0.3, -0.25) is 13.7 Å². The van der Waals surface area contributed by atoms with E-state index >= 15 is 4.39 Å². The molecular weight excluding hydrogens is 722 g/mol. The molecule has 7 rings (SSSR count). The third kappa shape index (κ3) is 8.03. The van der Waals surface area contributed by atoms with E-state index in [-0.39, 0.29) is 35.7 Å². The van der Waals surface area contributed by atoms with Crippen LogP contribution in [0.3, 0.4) is 0 Å². The molecule has 1 amide bonds. The second-order valence-electron chi connectivity index (χ2n) is 13.6. The fourth-order valence-electron chi connectivity index (χ4n) is 5.96. The van der Waals surface area contributed by atoms with Crippen LogP contribution in [-0.2, 0) is 11.3 Å². The Hall–Kier alpha value is -5.89. The summed E-state index contributed by atoms with van der Waals surface area (Å²) in [5, 5.41) is 4.79. The summed E-state index contributed by atoms with van der Waals surface area (Å²) in [5.74, 6) is -1.18. The molecule has 2 aromatic heterocycles. The van der Waals surface area contributed by atoms with Gasteiger partial charge in [-0.05, 0) is 104 Å². The Morgan fingerprint density at radius 3 is 2.35 bits per heavy atom. The molecular formula is C40H35F3N4O6S. The number of nitrogens with zero attached hydrogens (tertiary/aromatic N) is 4. The molecule has 4 aromatic carbocycles. The topological polar surface area (TPSA) is 99.3 Å². The van der Waals surface area contributed by atoms with E-state index in [0.717, 1.165) is 34.4 Å². The number of hydrogen-bond acceptors (Lipinski definition) is 9. The van der Waals surface area contributed by atoms with Gasteiger partial charge in [0, 0.05) is 34.7 Å². The van der Waals surface area contributed by atoms with E-state index in [1.54, 1.807) is 46.1 Å². The van der Waals surface area contributed by atoms with Gasteiger partial charge < -0.3 is 23.6 Å². The van der Waals surface area contributed by atoms with Crippen molar-refractivity contribution in [3.63, 3.8) is 0 Å². The zero-order valence-corrected chi connectivity index (χ0v) is 30.5. The van der Waals surface area contributed by atoms with Gasteiger partial charge in [0.1, 0.15) is 46.9 Å². The minimum atomic E-state index is -0.881. The predicted molar refractivity (Wildman–Crippen MR) is 199 cm³/mol. The summed E-state index contributed by atoms with van der Waals surface area (Å²) in [6.07, 6.45) is 0.437. The van der Waals surface area contributed by atoms with Gasteiger partial charge in [0.05, 0.1) is 37.9 Å². The number of halogens is 3. The highest BCUT2D eigenvalue weighted by Crippen LogP contribution is 2.37. The quantitative estimate of drug-likeness (QED) is 0.127. The summed E-state index contributed by atoms with van der Waals surface area (Å²) in [4.78, 5) is 28.5. The average Bonchev–Trinajstić information content (AvgIpc) is 3.64. The molecule has 0 bridgehead atoms. The first-order chi connectivity index (χ1) is 25.8. The standard InChI is InChI=1S/C40H35F3N4O6S/c1-40(2,3)53-39(49)45-22-30(23-45)52-36-19-32(26-15-27(41)18-28(42)16-26)33(43)20-35(36)47-34-11-10-31(17-25(34)7-12-38(47)48)54-46(37-13-14-51-44-37)21-24-5-8-29(50-4)9-6-24/h5-20,30H,21-23H2,1-4H3. The lowest BCUT2D eigenvalue weighted by Crippen LogP contribution is -2.57. The van der Waals surface area contributed by atoms with Crippen molar-refractivity contribution in [3.05, 3.63) is 131 Å². The molecule has 1 aliphatic heterocycles. The highest BCUT2D eigenvalue weighted by Gasteiger charge is 2.36. The number of carbonyl (C=O) groups is 1. The first kappa shape index (κ1) is 36.5. The molecule has 0 atom stereocenters. The normalized spacial score (nSPS) is 13.1. The largest absolute Gasteiger partial charge is 0.497 e. The van der Waals surface area contributed by atoms with E-state index < -0.39 is 40.8 Å². The zero-order chi connectivity index (χ0) is 38.1. The highest BCUT2D eigenvalue weighted by atomic mass is 32.2. The van der Waals surface area contributed by atoms with Crippen LogP contribution in [0.25, 0.3) is 27.7 Å². The molecule has 0 unspecified atom stereocenters. The second kappa shape index (κ2) is 14.9. The summed E-state index contributed by atoms with van der Waals surface area (Å²) < 4.78 is 70.0. The Morgan fingerprint density at radius 2 is 1.69 bits per heavy atom. The molecule has 0 spiro atoms. The number of fused-ring (bicyclic) bond motifs is 1. The lowest BCUT2D eigenvalue weighted by molar-refractivity contribution is -0.0221. The molecule has 10 nitrogen and oxygen atoms in total. The summed E-state index contributed by atoms with van der Waals surface area (Å²) in [5.41, 5.74) is 0.179. The van der Waals surface area contributed by atoms with E-state index in [1.165, 1.54) is 39.8 Å². The fourth-order valence-corrected chi connectivity index (χ4v) is 6.92. The summed E-state index contributed by atoms with van der Waals surface area (Å²) in [6, 6.07) is 23.1. The van der Waals surface area contributed by atoms with Gasteiger partial charge in [0.25, 0.3) is 5.56 Å². The van der Waals surface area contributed by atoms with Crippen molar-refractivity contribution in [1.82, 2.24) is 14.6 Å². The van der Waals surface area contributed by atoms with Crippen molar-refractivity contribution in [2.45, 2.75) is 43.9 Å². The molecule has 0 radical (unpaired) electrons. The molecule has 0 N–H and O–H groups in total. The van der Waals surface area contributed by atoms with E-state index in [0.29, 0.717) is 29.3 Å². The average molecular weight is 757 g/mol. The number of rotatable bonds is 10. The lowest BCUT2D eigenvalue weighted by atomic mass is 10.0. The maximum atomic E-state index is 16.0. The molecule has 278 valence electrons. The lowest BCUT2D eigenvalue weighted by Gasteiger charge is -2.39. The Kier molecular flexibility index (Phi) is 10.0. The summed E-state index contributed by atoms with van der Waals surface area (Å²) >= 11 is 1.41. The second-order valence-corrected chi connectivity index (χ2v) is 14.7. The molecule has 1 fully saturated rings. The molecule has 1 saturated heterocycles. The van der Waals surface area contributed by atoms with Gasteiger partial charge in [-0.1, -0.05) is 17.3 Å². The van der Waals surface area contributed by atoms with Crippen molar-refractivity contribution in [3.8, 4) is 28.3 Å². The van der Waals surface area contributed by atoms with E-state index in [1.807, 2.05) is 40.7 Å². The van der Waals surface area contributed by atoms with Crippen molar-refractivity contribution in [1.29, 1.82) is 0 Å². The molecule has 3 heterocycles. The van der Waals surface area contributed by atoms with Crippen LogP contribution in [-0.4, -0.2) is 52.6 Å². The Labute approximate surface area is 312 Å². The van der Waals surface area contributed by atoms with Crippen molar-refractivity contribution in [2.24, 2.45) is 0 Å². The van der Waals surface area contributed by atoms with Crippen molar-refractivity contribution >= 4 is 34.8 Å². The van der Waals surface area contributed by atoms with Crippen LogP contribution in [0.15, 0.2) is 111 Å². The van der Waals surface area contributed by atoms with Gasteiger partial charge in [0.15, 0.2) is 5.82 Å². The third-order valence-corrected chi connectivity index (χ3v) is 9.50. The fraction of sp³-hybridized carbons (Fsp3) is 0.225. The van der Waals surface area contributed by atoms with Crippen LogP contribution in [0.5, 0.6) is 11.5 Å². The minimum Gasteiger partial charge on any atom is -0.497 e. The summed E-state index contributed by atoms with van der Waals surface area (Å²) in [6.45, 7) is 6.10. The maximum absolute atomic E-state index is 16.0. The van der Waals surface area contributed by atoms with Gasteiger partial charge in [-0.25, -0.2) is 18.0 Å². The van der Waals surface area contributed by atoms with E-state index in [2.05, 4.69) is 5.16 Å². The van der Waals surface area contributed by atoms with E-state index in [4.69, 9.17) is 18.7 Å². The maximum Gasteiger partial charge on any atom is 0.410 e. The molecule has 0 saturated carbocycles. The first-order valence-corrected chi connectivity index (χ1v) is 17.7. The van der Waals surface area contributed by atoms with Gasteiger partial charge >= 0.3 is 6.09 Å². The Bertz CT molecular complexity index is 2360. The Morgan fingerprint density at radius 1 is 0.944 bits per heavy atom. The number of hydrogen-bond donors (Lipinski definition) is 0. The number of pyridine rings is 1. The molecule has 54 heavy (non-hydrogen) atoms. The monoisotopic (exact) mass is 756 g/mol. The van der Waals surface area contributed by atoms with Crippen LogP contribution in [0.2, 0.25) is 0 Å². The predicted octanol–water partition coefficient (Wildman–Crippen LogP) is 8.78. The number of amides is 1. The van der Waals surface area contributed by atoms with Crippen molar-refractivity contribution < 1.29 is 36.7 Å². The highest BCUT2D eigenvalue weighted by molar-refractivity contribution is 8.00. The number of benzene rings is 4. The van der Waals surface area contributed by atoms with Crippen LogP contribution < -0.4 is 19.3 Å². The van der Waals surface area contributed by atoms with Crippen LogP contribution in [0.4, 0.5) is 23.8 Å². The number of likely N-dealkylation sites (tertiary alicyclic amines) is 1. The minimum absolute atomic E-state index is 0.0522. The van der Waals surface area contributed by atoms with E-state index in [9.17, 15) is 18.4 Å². The number of anilines is 1. The van der Waals surface area contributed by atoms with Crippen molar-refractivity contribution in [2.75, 3.05) is 24.5 Å². The molecule has 0 aliphatic carbocycles. The van der Waals surface area contributed by atoms with Gasteiger partial charge in [-0.2, -0.15) is 0 Å². The number of methoxy groups -OCH3 is 1.